The van der Waals surface area contributed by atoms with Crippen LogP contribution in [0.2, 0.25) is 0 Å². The molecule has 1 rings (SSSR count). The summed E-state index contributed by atoms with van der Waals surface area (Å²) in [6.07, 6.45) is 1.31. The molecule has 0 saturated heterocycles. The van der Waals surface area contributed by atoms with Crippen LogP contribution < -0.4 is 10.5 Å². The first-order chi connectivity index (χ1) is 9.52. The second kappa shape index (κ2) is 7.67. The van der Waals surface area contributed by atoms with Crippen molar-refractivity contribution in [2.24, 2.45) is 10.8 Å². The molecular formula is C13H18F2N4O. The summed E-state index contributed by atoms with van der Waals surface area (Å²) in [7, 11) is 0. The Balaban J connectivity index is 3.19. The first-order valence-corrected chi connectivity index (χ1v) is 6.42. The van der Waals surface area contributed by atoms with Crippen LogP contribution in [0.25, 0.3) is 10.4 Å². The Morgan fingerprint density at radius 1 is 1.50 bits per heavy atom. The molecule has 0 saturated carbocycles. The van der Waals surface area contributed by atoms with Crippen molar-refractivity contribution in [3.8, 4) is 5.75 Å². The van der Waals surface area contributed by atoms with Gasteiger partial charge in [0.15, 0.2) is 11.6 Å². The summed E-state index contributed by atoms with van der Waals surface area (Å²) in [6, 6.07) is 0.434. The fraction of sp³-hybridized carbons (Fsp3) is 0.538. The lowest BCUT2D eigenvalue weighted by atomic mass is 9.99. The van der Waals surface area contributed by atoms with E-state index in [1.54, 1.807) is 6.92 Å². The zero-order chi connectivity index (χ0) is 15.1. The van der Waals surface area contributed by atoms with Crippen LogP contribution in [0.1, 0.15) is 37.4 Å². The molecule has 0 bridgehead atoms. The minimum absolute atomic E-state index is 0.0226. The first kappa shape index (κ1) is 16.2. The van der Waals surface area contributed by atoms with E-state index in [0.29, 0.717) is 12.0 Å². The number of nitrogens with two attached hydrogens (primary N) is 1. The fourth-order valence-electron chi connectivity index (χ4n) is 1.95. The number of rotatable bonds is 7. The number of benzene rings is 1. The molecule has 2 N–H and O–H groups in total. The molecule has 7 heteroatoms. The maximum Gasteiger partial charge on any atom is 0.167 e. The van der Waals surface area contributed by atoms with E-state index in [2.05, 4.69) is 10.0 Å². The van der Waals surface area contributed by atoms with Crippen molar-refractivity contribution in [3.05, 3.63) is 39.3 Å². The molecule has 0 aromatic heterocycles. The summed E-state index contributed by atoms with van der Waals surface area (Å²) < 4.78 is 33.0. The van der Waals surface area contributed by atoms with E-state index in [4.69, 9.17) is 16.0 Å². The lowest BCUT2D eigenvalue weighted by molar-refractivity contribution is 0.314. The van der Waals surface area contributed by atoms with Crippen LogP contribution in [-0.4, -0.2) is 13.2 Å². The van der Waals surface area contributed by atoms with Crippen LogP contribution in [0.5, 0.6) is 5.75 Å². The molecule has 0 unspecified atom stereocenters. The molecule has 0 heterocycles. The Morgan fingerprint density at radius 2 is 2.20 bits per heavy atom. The standard InChI is InChI=1S/C13H18F2N4O/c1-3-4-9-7-10(14)12(15)11(8(2)16)13(9)20-6-5-18-19-17/h7-8H,3-6,16H2,1-2H3/t8-/m1/s1. The van der Waals surface area contributed by atoms with Gasteiger partial charge in [0.25, 0.3) is 0 Å². The maximum absolute atomic E-state index is 13.9. The quantitative estimate of drug-likeness (QED) is 0.359. The molecule has 20 heavy (non-hydrogen) atoms. The Bertz CT molecular complexity index is 514. The average molecular weight is 284 g/mol. The largest absolute Gasteiger partial charge is 0.493 e. The molecule has 0 amide bonds. The predicted octanol–water partition coefficient (Wildman–Crippen LogP) is 3.63. The zero-order valence-corrected chi connectivity index (χ0v) is 11.6. The Kier molecular flexibility index (Phi) is 6.21. The van der Waals surface area contributed by atoms with Gasteiger partial charge in [-0.25, -0.2) is 8.78 Å². The Morgan fingerprint density at radius 3 is 2.75 bits per heavy atom. The van der Waals surface area contributed by atoms with Gasteiger partial charge in [-0.1, -0.05) is 18.5 Å². The van der Waals surface area contributed by atoms with E-state index in [1.165, 1.54) is 0 Å². The molecule has 1 atom stereocenters. The number of nitrogens with zero attached hydrogens (tertiary/aromatic N) is 3. The van der Waals surface area contributed by atoms with Crippen molar-refractivity contribution in [2.45, 2.75) is 32.7 Å². The van der Waals surface area contributed by atoms with Crippen molar-refractivity contribution >= 4 is 0 Å². The van der Waals surface area contributed by atoms with E-state index in [9.17, 15) is 8.78 Å². The number of azide groups is 1. The summed E-state index contributed by atoms with van der Waals surface area (Å²) in [6.45, 7) is 3.69. The van der Waals surface area contributed by atoms with Crippen molar-refractivity contribution < 1.29 is 13.5 Å². The molecule has 1 aromatic carbocycles. The SMILES string of the molecule is CCCc1cc(F)c(F)c([C@@H](C)N)c1OCCN=[N+]=[N-]. The van der Waals surface area contributed by atoms with Gasteiger partial charge in [-0.15, -0.1) is 0 Å². The maximum atomic E-state index is 13.9. The highest BCUT2D eigenvalue weighted by atomic mass is 19.2. The fourth-order valence-corrected chi connectivity index (χ4v) is 1.95. The van der Waals surface area contributed by atoms with Gasteiger partial charge in [-0.3, -0.25) is 0 Å². The Hall–Kier alpha value is -1.85. The van der Waals surface area contributed by atoms with Gasteiger partial charge in [-0.05, 0) is 30.5 Å². The van der Waals surface area contributed by atoms with Gasteiger partial charge < -0.3 is 10.5 Å². The van der Waals surface area contributed by atoms with Gasteiger partial charge in [0.1, 0.15) is 5.75 Å². The number of aryl methyl sites for hydroxylation is 1. The van der Waals surface area contributed by atoms with Crippen LogP contribution >= 0.6 is 0 Å². The van der Waals surface area contributed by atoms with Crippen LogP contribution in [0, 0.1) is 11.6 Å². The number of halogens is 2. The first-order valence-electron chi connectivity index (χ1n) is 6.42. The minimum Gasteiger partial charge on any atom is -0.493 e. The third-order valence-corrected chi connectivity index (χ3v) is 2.76. The second-order valence-electron chi connectivity index (χ2n) is 4.42. The summed E-state index contributed by atoms with van der Waals surface area (Å²) in [5.41, 5.74) is 14.5. The molecule has 110 valence electrons. The number of ether oxygens (including phenoxy) is 1. The molecule has 1 aromatic rings. The smallest absolute Gasteiger partial charge is 0.167 e. The van der Waals surface area contributed by atoms with Crippen LogP contribution in [0.15, 0.2) is 11.2 Å². The second-order valence-corrected chi connectivity index (χ2v) is 4.42. The Labute approximate surface area is 116 Å². The molecule has 0 aliphatic heterocycles. The van der Waals surface area contributed by atoms with Gasteiger partial charge in [0, 0.05) is 16.5 Å². The van der Waals surface area contributed by atoms with Gasteiger partial charge in [0.05, 0.1) is 13.2 Å². The van der Waals surface area contributed by atoms with E-state index >= 15 is 0 Å². The monoisotopic (exact) mass is 284 g/mol. The highest BCUT2D eigenvalue weighted by molar-refractivity contribution is 5.45. The van der Waals surface area contributed by atoms with Gasteiger partial charge >= 0.3 is 0 Å². The molecular weight excluding hydrogens is 266 g/mol. The van der Waals surface area contributed by atoms with E-state index in [1.807, 2.05) is 6.92 Å². The zero-order valence-electron chi connectivity index (χ0n) is 11.6. The summed E-state index contributed by atoms with van der Waals surface area (Å²) in [4.78, 5) is 2.60. The molecule has 0 aliphatic carbocycles. The molecule has 5 nitrogen and oxygen atoms in total. The summed E-state index contributed by atoms with van der Waals surface area (Å²) >= 11 is 0. The summed E-state index contributed by atoms with van der Waals surface area (Å²) in [5.74, 6) is -1.66. The normalized spacial score (nSPS) is 11.8. The molecule has 0 aliphatic rings. The van der Waals surface area contributed by atoms with E-state index in [-0.39, 0.29) is 24.5 Å². The number of hydrogen-bond acceptors (Lipinski definition) is 3. The minimum atomic E-state index is -0.987. The van der Waals surface area contributed by atoms with Gasteiger partial charge in [0.2, 0.25) is 0 Å². The third-order valence-electron chi connectivity index (χ3n) is 2.76. The van der Waals surface area contributed by atoms with Crippen LogP contribution in [-0.2, 0) is 6.42 Å². The topological polar surface area (TPSA) is 84.0 Å². The van der Waals surface area contributed by atoms with Crippen molar-refractivity contribution in [1.82, 2.24) is 0 Å². The van der Waals surface area contributed by atoms with Crippen molar-refractivity contribution in [2.75, 3.05) is 13.2 Å². The van der Waals surface area contributed by atoms with Crippen LogP contribution in [0.4, 0.5) is 8.78 Å². The lowest BCUT2D eigenvalue weighted by Gasteiger charge is -2.19. The molecule has 0 fully saturated rings. The molecule has 0 radical (unpaired) electrons. The van der Waals surface area contributed by atoms with Crippen molar-refractivity contribution in [1.29, 1.82) is 0 Å². The highest BCUT2D eigenvalue weighted by Gasteiger charge is 2.22. The van der Waals surface area contributed by atoms with E-state index < -0.39 is 17.7 Å². The van der Waals surface area contributed by atoms with Gasteiger partial charge in [-0.2, -0.15) is 0 Å². The summed E-state index contributed by atoms with van der Waals surface area (Å²) in [5, 5.41) is 3.33. The average Bonchev–Trinajstić information content (AvgIpc) is 2.39. The van der Waals surface area contributed by atoms with E-state index in [0.717, 1.165) is 12.5 Å². The van der Waals surface area contributed by atoms with Crippen molar-refractivity contribution in [3.63, 3.8) is 0 Å². The highest BCUT2D eigenvalue weighted by Crippen LogP contribution is 2.33. The third kappa shape index (κ3) is 3.82. The predicted molar refractivity (Wildman–Crippen MR) is 72.5 cm³/mol. The molecule has 0 spiro atoms. The number of hydrogen-bond donors (Lipinski definition) is 1. The lowest BCUT2D eigenvalue weighted by Crippen LogP contribution is -2.15. The van der Waals surface area contributed by atoms with Crippen LogP contribution in [0.3, 0.4) is 0 Å².